The number of hydrogen-bond donors (Lipinski definition) is 1. The molecule has 8 heteroatoms. The molecule has 0 saturated carbocycles. The van der Waals surface area contributed by atoms with Crippen LogP contribution in [-0.2, 0) is 6.42 Å². The number of urea groups is 1. The number of hydrogen-bond acceptors (Lipinski definition) is 6. The summed E-state index contributed by atoms with van der Waals surface area (Å²) < 4.78 is 10.8. The molecule has 4 rings (SSSR count). The predicted octanol–water partition coefficient (Wildman–Crippen LogP) is 3.56. The second kappa shape index (κ2) is 9.07. The summed E-state index contributed by atoms with van der Waals surface area (Å²) in [5, 5.41) is 3.91. The van der Waals surface area contributed by atoms with E-state index in [1.165, 1.54) is 5.56 Å². The molecule has 1 N–H and O–H groups in total. The predicted molar refractivity (Wildman–Crippen MR) is 121 cm³/mol. The van der Waals surface area contributed by atoms with Crippen LogP contribution in [0.15, 0.2) is 42.7 Å². The van der Waals surface area contributed by atoms with Gasteiger partial charge in [0.2, 0.25) is 0 Å². The highest BCUT2D eigenvalue weighted by molar-refractivity contribution is 5.92. The van der Waals surface area contributed by atoms with Crippen LogP contribution in [-0.4, -0.2) is 61.3 Å². The zero-order valence-electron chi connectivity index (χ0n) is 18.1. The molecule has 0 unspecified atom stereocenters. The SMILES string of the molecule is CCc1cccc(NC(=O)N2CCN(c3ncnc4cc(OC)c(OC)cc34)CC2)c1. The summed E-state index contributed by atoms with van der Waals surface area (Å²) in [5.74, 6) is 2.10. The number of aromatic nitrogens is 2. The van der Waals surface area contributed by atoms with Gasteiger partial charge in [-0.15, -0.1) is 0 Å². The van der Waals surface area contributed by atoms with Gasteiger partial charge in [0.15, 0.2) is 11.5 Å². The Bertz CT molecular complexity index is 1080. The minimum Gasteiger partial charge on any atom is -0.493 e. The van der Waals surface area contributed by atoms with Crippen LogP contribution in [0.3, 0.4) is 0 Å². The molecule has 1 aromatic heterocycles. The van der Waals surface area contributed by atoms with Crippen molar-refractivity contribution in [1.29, 1.82) is 0 Å². The van der Waals surface area contributed by atoms with Crippen LogP contribution >= 0.6 is 0 Å². The maximum Gasteiger partial charge on any atom is 0.321 e. The lowest BCUT2D eigenvalue weighted by Crippen LogP contribution is -2.50. The molecule has 2 amide bonds. The molecule has 1 aliphatic heterocycles. The van der Waals surface area contributed by atoms with E-state index in [0.717, 1.165) is 28.8 Å². The van der Waals surface area contributed by atoms with Crippen molar-refractivity contribution >= 4 is 28.4 Å². The second-order valence-electron chi connectivity index (χ2n) is 7.38. The fraction of sp³-hybridized carbons (Fsp3) is 0.348. The van der Waals surface area contributed by atoms with E-state index in [0.29, 0.717) is 37.7 Å². The van der Waals surface area contributed by atoms with Gasteiger partial charge in [0, 0.05) is 43.3 Å². The first-order valence-corrected chi connectivity index (χ1v) is 10.4. The summed E-state index contributed by atoms with van der Waals surface area (Å²) >= 11 is 0. The van der Waals surface area contributed by atoms with Crippen LogP contribution in [0.4, 0.5) is 16.3 Å². The van der Waals surface area contributed by atoms with Gasteiger partial charge in [-0.3, -0.25) is 0 Å². The smallest absolute Gasteiger partial charge is 0.321 e. The molecule has 1 saturated heterocycles. The van der Waals surface area contributed by atoms with Crippen LogP contribution in [0.2, 0.25) is 0 Å². The summed E-state index contributed by atoms with van der Waals surface area (Å²) in [4.78, 5) is 25.6. The minimum absolute atomic E-state index is 0.0770. The Labute approximate surface area is 181 Å². The van der Waals surface area contributed by atoms with Gasteiger partial charge in [-0.05, 0) is 30.2 Å². The van der Waals surface area contributed by atoms with Crippen molar-refractivity contribution < 1.29 is 14.3 Å². The number of piperazine rings is 1. The zero-order chi connectivity index (χ0) is 21.8. The van der Waals surface area contributed by atoms with Crippen molar-refractivity contribution in [1.82, 2.24) is 14.9 Å². The third-order valence-electron chi connectivity index (χ3n) is 5.57. The molecule has 2 heterocycles. The Hall–Kier alpha value is -3.55. The van der Waals surface area contributed by atoms with Gasteiger partial charge in [-0.1, -0.05) is 19.1 Å². The van der Waals surface area contributed by atoms with Crippen LogP contribution in [0.1, 0.15) is 12.5 Å². The minimum atomic E-state index is -0.0770. The van der Waals surface area contributed by atoms with Gasteiger partial charge in [0.1, 0.15) is 12.1 Å². The summed E-state index contributed by atoms with van der Waals surface area (Å²) in [6.07, 6.45) is 2.50. The Morgan fingerprint density at radius 1 is 1.03 bits per heavy atom. The fourth-order valence-electron chi connectivity index (χ4n) is 3.81. The fourth-order valence-corrected chi connectivity index (χ4v) is 3.81. The van der Waals surface area contributed by atoms with E-state index >= 15 is 0 Å². The molecule has 0 atom stereocenters. The maximum atomic E-state index is 12.7. The number of anilines is 2. The van der Waals surface area contributed by atoms with E-state index in [1.807, 2.05) is 35.2 Å². The Morgan fingerprint density at radius 3 is 2.48 bits per heavy atom. The topological polar surface area (TPSA) is 79.8 Å². The molecule has 1 aliphatic rings. The summed E-state index contributed by atoms with van der Waals surface area (Å²) in [6, 6.07) is 11.6. The van der Waals surface area contributed by atoms with Crippen molar-refractivity contribution in [3.63, 3.8) is 0 Å². The monoisotopic (exact) mass is 421 g/mol. The van der Waals surface area contributed by atoms with Gasteiger partial charge >= 0.3 is 6.03 Å². The van der Waals surface area contributed by atoms with Crippen molar-refractivity contribution in [3.8, 4) is 11.5 Å². The van der Waals surface area contributed by atoms with Crippen molar-refractivity contribution in [2.75, 3.05) is 50.6 Å². The molecule has 31 heavy (non-hydrogen) atoms. The van der Waals surface area contributed by atoms with Crippen LogP contribution < -0.4 is 19.7 Å². The van der Waals surface area contributed by atoms with Gasteiger partial charge < -0.3 is 24.6 Å². The average Bonchev–Trinajstić information content (AvgIpc) is 2.82. The molecule has 1 fully saturated rings. The number of carbonyl (C=O) groups is 1. The van der Waals surface area contributed by atoms with Crippen LogP contribution in [0.25, 0.3) is 10.9 Å². The Morgan fingerprint density at radius 2 is 1.77 bits per heavy atom. The van der Waals surface area contributed by atoms with E-state index in [1.54, 1.807) is 20.5 Å². The molecule has 162 valence electrons. The molecule has 8 nitrogen and oxygen atoms in total. The molecule has 0 bridgehead atoms. The quantitative estimate of drug-likeness (QED) is 0.679. The van der Waals surface area contributed by atoms with Crippen molar-refractivity contribution in [2.24, 2.45) is 0 Å². The maximum absolute atomic E-state index is 12.7. The van der Waals surface area contributed by atoms with Gasteiger partial charge in [0.05, 0.1) is 19.7 Å². The lowest BCUT2D eigenvalue weighted by atomic mass is 10.1. The molecular formula is C23H27N5O3. The number of ether oxygens (including phenoxy) is 2. The Balaban J connectivity index is 1.47. The van der Waals surface area contributed by atoms with Crippen LogP contribution in [0, 0.1) is 0 Å². The van der Waals surface area contributed by atoms with E-state index in [2.05, 4.69) is 33.2 Å². The van der Waals surface area contributed by atoms with Crippen LogP contribution in [0.5, 0.6) is 11.5 Å². The van der Waals surface area contributed by atoms with E-state index < -0.39 is 0 Å². The summed E-state index contributed by atoms with van der Waals surface area (Å²) in [6.45, 7) is 4.69. The lowest BCUT2D eigenvalue weighted by molar-refractivity contribution is 0.208. The number of nitrogens with zero attached hydrogens (tertiary/aromatic N) is 4. The highest BCUT2D eigenvalue weighted by Gasteiger charge is 2.24. The third-order valence-corrected chi connectivity index (χ3v) is 5.57. The zero-order valence-corrected chi connectivity index (χ0v) is 18.1. The average molecular weight is 422 g/mol. The first-order valence-electron chi connectivity index (χ1n) is 10.4. The summed E-state index contributed by atoms with van der Waals surface area (Å²) in [5.41, 5.74) is 2.82. The van der Waals surface area contributed by atoms with Gasteiger partial charge in [-0.2, -0.15) is 0 Å². The lowest BCUT2D eigenvalue weighted by Gasteiger charge is -2.35. The van der Waals surface area contributed by atoms with Gasteiger partial charge in [-0.25, -0.2) is 14.8 Å². The third kappa shape index (κ3) is 4.33. The van der Waals surface area contributed by atoms with E-state index in [9.17, 15) is 4.79 Å². The highest BCUT2D eigenvalue weighted by atomic mass is 16.5. The standard InChI is InChI=1S/C23H27N5O3/c1-4-16-6-5-7-17(12-16)26-23(29)28-10-8-27(9-11-28)22-18-13-20(30-2)21(31-3)14-19(18)24-15-25-22/h5-7,12-15H,4,8-11H2,1-3H3,(H,26,29). The Kier molecular flexibility index (Phi) is 6.06. The largest absolute Gasteiger partial charge is 0.493 e. The normalized spacial score (nSPS) is 13.9. The number of rotatable bonds is 5. The van der Waals surface area contributed by atoms with Crippen molar-refractivity contribution in [2.45, 2.75) is 13.3 Å². The number of nitrogens with one attached hydrogen (secondary N) is 1. The number of benzene rings is 2. The summed E-state index contributed by atoms with van der Waals surface area (Å²) in [7, 11) is 3.22. The molecule has 0 radical (unpaired) electrons. The second-order valence-corrected chi connectivity index (χ2v) is 7.38. The number of aryl methyl sites for hydroxylation is 1. The molecular weight excluding hydrogens is 394 g/mol. The van der Waals surface area contributed by atoms with Crippen molar-refractivity contribution in [3.05, 3.63) is 48.3 Å². The first-order chi connectivity index (χ1) is 15.1. The van der Waals surface area contributed by atoms with Gasteiger partial charge in [0.25, 0.3) is 0 Å². The van der Waals surface area contributed by atoms with E-state index in [4.69, 9.17) is 9.47 Å². The number of methoxy groups -OCH3 is 2. The molecule has 0 spiro atoms. The number of fused-ring (bicyclic) bond motifs is 1. The number of carbonyl (C=O) groups excluding carboxylic acids is 1. The first kappa shape index (κ1) is 20.7. The van der Waals surface area contributed by atoms with E-state index in [-0.39, 0.29) is 6.03 Å². The molecule has 3 aromatic rings. The molecule has 0 aliphatic carbocycles. The number of amides is 2. The highest BCUT2D eigenvalue weighted by Crippen LogP contribution is 2.34. The molecule has 2 aromatic carbocycles.